The molecule has 6 nitrogen and oxygen atoms in total. The van der Waals surface area contributed by atoms with E-state index in [1.165, 1.54) is 6.07 Å². The molecule has 0 amide bonds. The summed E-state index contributed by atoms with van der Waals surface area (Å²) in [6.07, 6.45) is 0. The lowest BCUT2D eigenvalue weighted by molar-refractivity contribution is 0.122. The molecule has 0 aliphatic carbocycles. The van der Waals surface area contributed by atoms with Crippen LogP contribution in [0.1, 0.15) is 5.56 Å². The summed E-state index contributed by atoms with van der Waals surface area (Å²) >= 11 is 0. The van der Waals surface area contributed by atoms with Crippen LogP contribution in [0.4, 0.5) is 16.0 Å². The number of aromatic nitrogens is 2. The van der Waals surface area contributed by atoms with Crippen LogP contribution in [0, 0.1) is 5.82 Å². The molecule has 0 unspecified atom stereocenters. The molecule has 2 aliphatic heterocycles. The second-order valence-electron chi connectivity index (χ2n) is 6.70. The highest BCUT2D eigenvalue weighted by molar-refractivity contribution is 5.45. The fourth-order valence-corrected chi connectivity index (χ4v) is 3.45. The van der Waals surface area contributed by atoms with Gasteiger partial charge in [-0.1, -0.05) is 18.2 Å². The molecule has 2 aromatic rings. The molecule has 0 radical (unpaired) electrons. The van der Waals surface area contributed by atoms with Gasteiger partial charge < -0.3 is 14.5 Å². The topological polar surface area (TPSA) is 44.7 Å². The standard InChI is InChI=1S/C19H24FN5O/c20-17-4-2-1-3-16(17)15-23-7-9-24(10-8-23)18-5-6-19(22-21-18)25-11-13-26-14-12-25/h1-6H,7-15H2. The minimum atomic E-state index is -0.125. The maximum absolute atomic E-state index is 13.8. The predicted octanol–water partition coefficient (Wildman–Crippen LogP) is 1.77. The van der Waals surface area contributed by atoms with Crippen LogP contribution < -0.4 is 9.80 Å². The van der Waals surface area contributed by atoms with Crippen molar-refractivity contribution in [2.24, 2.45) is 0 Å². The second kappa shape index (κ2) is 7.97. The summed E-state index contributed by atoms with van der Waals surface area (Å²) in [5, 5.41) is 8.81. The van der Waals surface area contributed by atoms with Crippen molar-refractivity contribution in [3.63, 3.8) is 0 Å². The smallest absolute Gasteiger partial charge is 0.151 e. The Bertz CT molecular complexity index is 712. The van der Waals surface area contributed by atoms with Gasteiger partial charge in [-0.25, -0.2) is 4.39 Å². The molecule has 26 heavy (non-hydrogen) atoms. The van der Waals surface area contributed by atoms with E-state index in [1.54, 1.807) is 6.07 Å². The number of hydrogen-bond donors (Lipinski definition) is 0. The SMILES string of the molecule is Fc1ccccc1CN1CCN(c2ccc(N3CCOCC3)nn2)CC1. The average molecular weight is 357 g/mol. The van der Waals surface area contributed by atoms with E-state index in [0.717, 1.165) is 69.7 Å². The molecule has 0 saturated carbocycles. The van der Waals surface area contributed by atoms with Crippen LogP contribution in [-0.2, 0) is 11.3 Å². The Morgan fingerprint density at radius 1 is 0.808 bits per heavy atom. The summed E-state index contributed by atoms with van der Waals surface area (Å²) in [4.78, 5) is 6.73. The van der Waals surface area contributed by atoms with E-state index in [0.29, 0.717) is 6.54 Å². The quantitative estimate of drug-likeness (QED) is 0.831. The van der Waals surface area contributed by atoms with Crippen LogP contribution in [0.3, 0.4) is 0 Å². The van der Waals surface area contributed by atoms with Crippen LogP contribution in [0.15, 0.2) is 36.4 Å². The number of morpholine rings is 1. The van der Waals surface area contributed by atoms with E-state index in [1.807, 2.05) is 24.3 Å². The van der Waals surface area contributed by atoms with Crippen LogP contribution >= 0.6 is 0 Å². The third-order valence-electron chi connectivity index (χ3n) is 5.02. The van der Waals surface area contributed by atoms with Crippen molar-refractivity contribution in [3.05, 3.63) is 47.8 Å². The molecule has 2 fully saturated rings. The van der Waals surface area contributed by atoms with Gasteiger partial charge in [0.05, 0.1) is 13.2 Å². The Balaban J connectivity index is 1.32. The van der Waals surface area contributed by atoms with Gasteiger partial charge in [0.25, 0.3) is 0 Å². The first-order chi connectivity index (χ1) is 12.8. The first-order valence-electron chi connectivity index (χ1n) is 9.17. The van der Waals surface area contributed by atoms with Crippen LogP contribution in [0.2, 0.25) is 0 Å². The van der Waals surface area contributed by atoms with Gasteiger partial charge in [0.2, 0.25) is 0 Å². The van der Waals surface area contributed by atoms with Gasteiger partial charge in [0, 0.05) is 51.4 Å². The average Bonchev–Trinajstić information content (AvgIpc) is 2.71. The number of piperazine rings is 1. The molecule has 0 atom stereocenters. The number of anilines is 2. The minimum Gasteiger partial charge on any atom is -0.378 e. The molecule has 0 bridgehead atoms. The minimum absolute atomic E-state index is 0.125. The Hall–Kier alpha value is -2.25. The summed E-state index contributed by atoms with van der Waals surface area (Å²) in [5.41, 5.74) is 0.760. The second-order valence-corrected chi connectivity index (χ2v) is 6.70. The lowest BCUT2D eigenvalue weighted by Crippen LogP contribution is -2.46. The molecule has 7 heteroatoms. The van der Waals surface area contributed by atoms with Crippen LogP contribution in [-0.4, -0.2) is 67.6 Å². The van der Waals surface area contributed by atoms with Gasteiger partial charge in [-0.05, 0) is 18.2 Å². The number of ether oxygens (including phenoxy) is 1. The lowest BCUT2D eigenvalue weighted by Gasteiger charge is -2.35. The summed E-state index contributed by atoms with van der Waals surface area (Å²) in [7, 11) is 0. The van der Waals surface area contributed by atoms with E-state index in [2.05, 4.69) is 24.9 Å². The summed E-state index contributed by atoms with van der Waals surface area (Å²) in [6, 6.07) is 11.1. The van der Waals surface area contributed by atoms with Crippen molar-refractivity contribution >= 4 is 11.6 Å². The van der Waals surface area contributed by atoms with Crippen molar-refractivity contribution in [1.29, 1.82) is 0 Å². The first-order valence-corrected chi connectivity index (χ1v) is 9.17. The van der Waals surface area contributed by atoms with Gasteiger partial charge >= 0.3 is 0 Å². The summed E-state index contributed by atoms with van der Waals surface area (Å²) in [5.74, 6) is 1.70. The molecule has 4 rings (SSSR count). The highest BCUT2D eigenvalue weighted by Gasteiger charge is 2.20. The van der Waals surface area contributed by atoms with Crippen LogP contribution in [0.5, 0.6) is 0 Å². The van der Waals surface area contributed by atoms with Gasteiger partial charge in [-0.2, -0.15) is 0 Å². The molecule has 0 spiro atoms. The first kappa shape index (κ1) is 17.2. The van der Waals surface area contributed by atoms with Gasteiger partial charge in [0.1, 0.15) is 5.82 Å². The molecule has 0 N–H and O–H groups in total. The number of rotatable bonds is 4. The van der Waals surface area contributed by atoms with E-state index >= 15 is 0 Å². The molecule has 1 aromatic carbocycles. The van der Waals surface area contributed by atoms with Gasteiger partial charge in [-0.15, -0.1) is 10.2 Å². The van der Waals surface area contributed by atoms with E-state index < -0.39 is 0 Å². The van der Waals surface area contributed by atoms with E-state index in [9.17, 15) is 4.39 Å². The molecule has 2 aliphatic rings. The summed E-state index contributed by atoms with van der Waals surface area (Å²) in [6.45, 7) is 7.40. The zero-order valence-electron chi connectivity index (χ0n) is 14.9. The largest absolute Gasteiger partial charge is 0.378 e. The lowest BCUT2D eigenvalue weighted by atomic mass is 10.2. The fraction of sp³-hybridized carbons (Fsp3) is 0.474. The number of hydrogen-bond acceptors (Lipinski definition) is 6. The highest BCUT2D eigenvalue weighted by atomic mass is 19.1. The number of benzene rings is 1. The third kappa shape index (κ3) is 3.94. The molecular formula is C19H24FN5O. The molecule has 138 valence electrons. The van der Waals surface area contributed by atoms with Gasteiger partial charge in [-0.3, -0.25) is 4.90 Å². The van der Waals surface area contributed by atoms with Crippen molar-refractivity contribution in [2.45, 2.75) is 6.54 Å². The van der Waals surface area contributed by atoms with Crippen molar-refractivity contribution in [3.8, 4) is 0 Å². The van der Waals surface area contributed by atoms with Crippen LogP contribution in [0.25, 0.3) is 0 Å². The zero-order valence-corrected chi connectivity index (χ0v) is 14.9. The molecule has 2 saturated heterocycles. The zero-order chi connectivity index (χ0) is 17.8. The Labute approximate surface area is 153 Å². The van der Waals surface area contributed by atoms with Gasteiger partial charge in [0.15, 0.2) is 11.6 Å². The van der Waals surface area contributed by atoms with E-state index in [-0.39, 0.29) is 5.82 Å². The van der Waals surface area contributed by atoms with Crippen molar-refractivity contribution in [2.75, 3.05) is 62.3 Å². The third-order valence-corrected chi connectivity index (χ3v) is 5.02. The molecule has 3 heterocycles. The van der Waals surface area contributed by atoms with Crippen molar-refractivity contribution < 1.29 is 9.13 Å². The monoisotopic (exact) mass is 357 g/mol. The maximum atomic E-state index is 13.8. The predicted molar refractivity (Wildman–Crippen MR) is 99.0 cm³/mol. The Morgan fingerprint density at radius 2 is 1.42 bits per heavy atom. The highest BCUT2D eigenvalue weighted by Crippen LogP contribution is 2.18. The Morgan fingerprint density at radius 3 is 2.04 bits per heavy atom. The number of halogens is 1. The Kier molecular flexibility index (Phi) is 5.26. The van der Waals surface area contributed by atoms with E-state index in [4.69, 9.17) is 4.74 Å². The van der Waals surface area contributed by atoms with Crippen molar-refractivity contribution in [1.82, 2.24) is 15.1 Å². The maximum Gasteiger partial charge on any atom is 0.151 e. The fourth-order valence-electron chi connectivity index (χ4n) is 3.45. The molecule has 1 aromatic heterocycles. The normalized spacial score (nSPS) is 19.0. The number of nitrogens with zero attached hydrogens (tertiary/aromatic N) is 5. The molecular weight excluding hydrogens is 333 g/mol. The summed E-state index contributed by atoms with van der Waals surface area (Å²) < 4.78 is 19.2.